The minimum atomic E-state index is -4.43. The van der Waals surface area contributed by atoms with E-state index >= 15 is 0 Å². The fourth-order valence-electron chi connectivity index (χ4n) is 2.14. The van der Waals surface area contributed by atoms with Gasteiger partial charge >= 0.3 is 12.1 Å². The highest BCUT2D eigenvalue weighted by atomic mass is 19.4. The van der Waals surface area contributed by atoms with Crippen LogP contribution in [0.4, 0.5) is 13.2 Å². The molecule has 22 heavy (non-hydrogen) atoms. The Morgan fingerprint density at radius 2 is 1.91 bits per heavy atom. The van der Waals surface area contributed by atoms with Gasteiger partial charge in [0.05, 0.1) is 18.2 Å². The van der Waals surface area contributed by atoms with E-state index in [1.54, 1.807) is 23.0 Å². The molecule has 0 saturated carbocycles. The van der Waals surface area contributed by atoms with Crippen LogP contribution in [0, 0.1) is 0 Å². The van der Waals surface area contributed by atoms with Crippen LogP contribution >= 0.6 is 0 Å². The number of carbonyl (C=O) groups excluding carboxylic acids is 1. The van der Waals surface area contributed by atoms with Crippen molar-refractivity contribution in [1.29, 1.82) is 0 Å². The summed E-state index contributed by atoms with van der Waals surface area (Å²) >= 11 is 0. The van der Waals surface area contributed by atoms with Gasteiger partial charge in [-0.2, -0.15) is 13.2 Å². The van der Waals surface area contributed by atoms with Gasteiger partial charge < -0.3 is 9.30 Å². The second kappa shape index (κ2) is 5.87. The molecule has 0 N–H and O–H groups in total. The van der Waals surface area contributed by atoms with Crippen LogP contribution in [-0.2, 0) is 10.9 Å². The lowest BCUT2D eigenvalue weighted by molar-refractivity contribution is -0.137. The number of aromatic nitrogens is 1. The van der Waals surface area contributed by atoms with Gasteiger partial charge in [0.1, 0.15) is 0 Å². The monoisotopic (exact) mass is 311 g/mol. The Morgan fingerprint density at radius 3 is 2.45 bits per heavy atom. The summed E-state index contributed by atoms with van der Waals surface area (Å²) in [7, 11) is 1.24. The Morgan fingerprint density at radius 1 is 1.23 bits per heavy atom. The first-order valence-electron chi connectivity index (χ1n) is 6.71. The lowest BCUT2D eigenvalue weighted by Gasteiger charge is -2.09. The molecule has 1 aromatic carbocycles. The highest BCUT2D eigenvalue weighted by Crippen LogP contribution is 2.34. The molecule has 3 nitrogen and oxygen atoms in total. The average molecular weight is 311 g/mol. The van der Waals surface area contributed by atoms with E-state index < -0.39 is 17.7 Å². The third-order valence-electron chi connectivity index (χ3n) is 3.35. The summed E-state index contributed by atoms with van der Waals surface area (Å²) < 4.78 is 45.0. The van der Waals surface area contributed by atoms with E-state index in [2.05, 4.69) is 0 Å². The summed E-state index contributed by atoms with van der Waals surface area (Å²) in [4.78, 5) is 11.9. The molecule has 0 bridgehead atoms. The predicted octanol–water partition coefficient (Wildman–Crippen LogP) is 4.54. The summed E-state index contributed by atoms with van der Waals surface area (Å²) in [5.74, 6) is -0.577. The summed E-state index contributed by atoms with van der Waals surface area (Å²) in [6.07, 6.45) is -1.18. The van der Waals surface area contributed by atoms with E-state index in [4.69, 9.17) is 4.74 Å². The number of ether oxygens (including phenoxy) is 1. The zero-order valence-corrected chi connectivity index (χ0v) is 12.4. The highest BCUT2D eigenvalue weighted by molar-refractivity contribution is 5.97. The predicted molar refractivity (Wildman–Crippen MR) is 76.6 cm³/mol. The van der Waals surface area contributed by atoms with E-state index in [0.717, 1.165) is 12.1 Å². The molecule has 0 saturated heterocycles. The number of benzene rings is 1. The van der Waals surface area contributed by atoms with Crippen molar-refractivity contribution in [3.05, 3.63) is 47.8 Å². The second-order valence-corrected chi connectivity index (χ2v) is 5.20. The maximum atomic E-state index is 12.8. The molecule has 0 aliphatic heterocycles. The zero-order chi connectivity index (χ0) is 16.5. The van der Waals surface area contributed by atoms with Gasteiger partial charge in [-0.25, -0.2) is 4.79 Å². The zero-order valence-electron chi connectivity index (χ0n) is 12.4. The summed E-state index contributed by atoms with van der Waals surface area (Å²) in [5, 5.41) is 0. The number of hydrogen-bond donors (Lipinski definition) is 0. The van der Waals surface area contributed by atoms with Gasteiger partial charge in [0.25, 0.3) is 0 Å². The maximum absolute atomic E-state index is 12.8. The van der Waals surface area contributed by atoms with Crippen molar-refractivity contribution < 1.29 is 22.7 Å². The molecule has 6 heteroatoms. The van der Waals surface area contributed by atoms with Crippen molar-refractivity contribution in [2.24, 2.45) is 0 Å². The van der Waals surface area contributed by atoms with Crippen LogP contribution in [0.5, 0.6) is 0 Å². The number of rotatable bonds is 3. The normalized spacial score (nSPS) is 11.8. The summed E-state index contributed by atoms with van der Waals surface area (Å²) in [6.45, 7) is 3.83. The quantitative estimate of drug-likeness (QED) is 0.779. The lowest BCUT2D eigenvalue weighted by atomic mass is 10.0. The Bertz CT molecular complexity index is 687. The van der Waals surface area contributed by atoms with Crippen LogP contribution in [0.2, 0.25) is 0 Å². The van der Waals surface area contributed by atoms with Crippen molar-refractivity contribution >= 4 is 5.97 Å². The first-order valence-corrected chi connectivity index (χ1v) is 6.71. The number of carbonyl (C=O) groups is 1. The van der Waals surface area contributed by atoms with E-state index in [1.807, 2.05) is 13.8 Å². The maximum Gasteiger partial charge on any atom is 0.416 e. The van der Waals surface area contributed by atoms with Gasteiger partial charge in [0, 0.05) is 24.0 Å². The molecule has 1 aromatic heterocycles. The summed E-state index contributed by atoms with van der Waals surface area (Å²) in [6, 6.07) is 4.98. The molecule has 0 fully saturated rings. The number of esters is 1. The molecule has 0 aliphatic carbocycles. The molecule has 2 rings (SSSR count). The number of halogens is 3. The van der Waals surface area contributed by atoms with Crippen LogP contribution in [0.15, 0.2) is 36.7 Å². The molecule has 2 aromatic rings. The second-order valence-electron chi connectivity index (χ2n) is 5.20. The van der Waals surface area contributed by atoms with Crippen LogP contribution in [-0.4, -0.2) is 17.6 Å². The van der Waals surface area contributed by atoms with Gasteiger partial charge in [-0.1, -0.05) is 12.1 Å². The lowest BCUT2D eigenvalue weighted by Crippen LogP contribution is -2.05. The Kier molecular flexibility index (Phi) is 4.30. The Hall–Kier alpha value is -2.24. The first-order chi connectivity index (χ1) is 10.2. The average Bonchev–Trinajstić information content (AvgIpc) is 2.91. The van der Waals surface area contributed by atoms with E-state index in [1.165, 1.54) is 13.2 Å². The number of nitrogens with zero attached hydrogens (tertiary/aromatic N) is 1. The molecular weight excluding hydrogens is 295 g/mol. The van der Waals surface area contributed by atoms with Gasteiger partial charge in [0.15, 0.2) is 0 Å². The van der Waals surface area contributed by atoms with Crippen molar-refractivity contribution in [2.45, 2.75) is 26.1 Å². The van der Waals surface area contributed by atoms with Crippen LogP contribution in [0.25, 0.3) is 11.1 Å². The summed E-state index contributed by atoms with van der Waals surface area (Å²) in [5.41, 5.74) is 0.245. The molecule has 118 valence electrons. The standard InChI is InChI=1S/C16H16F3NO2/c1-10(2)20-8-13(14(9-20)15(21)22-3)11-5-4-6-12(7-11)16(17,18)19/h4-10H,1-3H3. The number of methoxy groups -OCH3 is 1. The molecular formula is C16H16F3NO2. The van der Waals surface area contributed by atoms with Crippen LogP contribution in [0.3, 0.4) is 0 Å². The third kappa shape index (κ3) is 3.16. The first kappa shape index (κ1) is 16.1. The van der Waals surface area contributed by atoms with E-state index in [9.17, 15) is 18.0 Å². The molecule has 0 amide bonds. The van der Waals surface area contributed by atoms with Gasteiger partial charge in [0.2, 0.25) is 0 Å². The molecule has 0 radical (unpaired) electrons. The Labute approximate surface area is 126 Å². The molecule has 0 unspecified atom stereocenters. The van der Waals surface area contributed by atoms with Crippen molar-refractivity contribution in [3.8, 4) is 11.1 Å². The number of alkyl halides is 3. The van der Waals surface area contributed by atoms with E-state index in [-0.39, 0.29) is 11.6 Å². The fourth-order valence-corrected chi connectivity index (χ4v) is 2.14. The molecule has 1 heterocycles. The molecule has 0 spiro atoms. The van der Waals surface area contributed by atoms with Crippen LogP contribution in [0.1, 0.15) is 35.8 Å². The molecule has 0 aliphatic rings. The van der Waals surface area contributed by atoms with Crippen molar-refractivity contribution in [1.82, 2.24) is 4.57 Å². The smallest absolute Gasteiger partial charge is 0.416 e. The molecule has 0 atom stereocenters. The van der Waals surface area contributed by atoms with Gasteiger partial charge in [-0.3, -0.25) is 0 Å². The SMILES string of the molecule is COC(=O)c1cn(C(C)C)cc1-c1cccc(C(F)(F)F)c1. The van der Waals surface area contributed by atoms with Crippen molar-refractivity contribution in [3.63, 3.8) is 0 Å². The minimum absolute atomic E-state index is 0.0722. The van der Waals surface area contributed by atoms with E-state index in [0.29, 0.717) is 11.1 Å². The number of hydrogen-bond acceptors (Lipinski definition) is 2. The topological polar surface area (TPSA) is 31.2 Å². The third-order valence-corrected chi connectivity index (χ3v) is 3.35. The fraction of sp³-hybridized carbons (Fsp3) is 0.312. The minimum Gasteiger partial charge on any atom is -0.465 e. The highest BCUT2D eigenvalue weighted by Gasteiger charge is 2.31. The van der Waals surface area contributed by atoms with Gasteiger partial charge in [-0.15, -0.1) is 0 Å². The largest absolute Gasteiger partial charge is 0.465 e. The Balaban J connectivity index is 2.58. The van der Waals surface area contributed by atoms with Gasteiger partial charge in [-0.05, 0) is 31.5 Å². The van der Waals surface area contributed by atoms with Crippen molar-refractivity contribution in [2.75, 3.05) is 7.11 Å². The van der Waals surface area contributed by atoms with Crippen LogP contribution < -0.4 is 0 Å².